The van der Waals surface area contributed by atoms with E-state index in [2.05, 4.69) is 43.6 Å². The predicted molar refractivity (Wildman–Crippen MR) is 64.3 cm³/mol. The molecule has 0 aromatic heterocycles. The number of nitrogens with one attached hydrogen (secondary N) is 1. The molecular formula is C12H17NS. The van der Waals surface area contributed by atoms with Crippen molar-refractivity contribution < 1.29 is 0 Å². The molecule has 1 N–H and O–H groups in total. The molecule has 0 radical (unpaired) electrons. The third-order valence-corrected chi connectivity index (χ3v) is 3.77. The number of anilines is 1. The van der Waals surface area contributed by atoms with Crippen LogP contribution >= 0.6 is 11.8 Å². The first-order valence-electron chi connectivity index (χ1n) is 5.14. The minimum atomic E-state index is 0.689. The Hall–Kier alpha value is -0.630. The summed E-state index contributed by atoms with van der Waals surface area (Å²) in [5.74, 6) is 1.41. The van der Waals surface area contributed by atoms with Gasteiger partial charge in [0.15, 0.2) is 0 Å². The van der Waals surface area contributed by atoms with Gasteiger partial charge < -0.3 is 5.32 Å². The van der Waals surface area contributed by atoms with Crippen LogP contribution in [0.4, 0.5) is 5.69 Å². The molecule has 0 spiro atoms. The Morgan fingerprint density at radius 2 is 2.21 bits per heavy atom. The molecule has 1 aliphatic rings. The maximum absolute atomic E-state index is 3.49. The van der Waals surface area contributed by atoms with Crippen LogP contribution in [0.2, 0.25) is 0 Å². The summed E-state index contributed by atoms with van der Waals surface area (Å²) >= 11 is 1.86. The van der Waals surface area contributed by atoms with E-state index in [-0.39, 0.29) is 0 Å². The molecule has 76 valence electrons. The zero-order valence-corrected chi connectivity index (χ0v) is 9.82. The van der Waals surface area contributed by atoms with Crippen molar-refractivity contribution in [1.82, 2.24) is 0 Å². The van der Waals surface area contributed by atoms with Gasteiger partial charge in [-0.3, -0.25) is 0 Å². The highest BCUT2D eigenvalue weighted by Crippen LogP contribution is 2.41. The maximum Gasteiger partial charge on any atom is 0.0387 e. The fourth-order valence-corrected chi connectivity index (χ4v) is 2.85. The molecule has 1 aliphatic heterocycles. The summed E-state index contributed by atoms with van der Waals surface area (Å²) in [7, 11) is 0. The SMILES string of the molecule is CSc1cccc2c1C(C(C)C)CN2. The highest BCUT2D eigenvalue weighted by molar-refractivity contribution is 7.98. The Labute approximate surface area is 90.3 Å². The van der Waals surface area contributed by atoms with E-state index in [0.29, 0.717) is 5.92 Å². The van der Waals surface area contributed by atoms with E-state index >= 15 is 0 Å². The van der Waals surface area contributed by atoms with E-state index in [9.17, 15) is 0 Å². The molecule has 0 bridgehead atoms. The zero-order chi connectivity index (χ0) is 10.1. The van der Waals surface area contributed by atoms with Gasteiger partial charge in [-0.2, -0.15) is 0 Å². The molecule has 2 rings (SSSR count). The van der Waals surface area contributed by atoms with E-state index in [4.69, 9.17) is 0 Å². The van der Waals surface area contributed by atoms with E-state index in [1.807, 2.05) is 11.8 Å². The quantitative estimate of drug-likeness (QED) is 0.744. The van der Waals surface area contributed by atoms with Crippen LogP contribution in [0.3, 0.4) is 0 Å². The van der Waals surface area contributed by atoms with Gasteiger partial charge in [-0.25, -0.2) is 0 Å². The molecule has 1 atom stereocenters. The van der Waals surface area contributed by atoms with E-state index < -0.39 is 0 Å². The number of hydrogen-bond acceptors (Lipinski definition) is 2. The smallest absolute Gasteiger partial charge is 0.0387 e. The molecule has 1 nitrogen and oxygen atoms in total. The molecule has 1 aromatic rings. The topological polar surface area (TPSA) is 12.0 Å². The minimum absolute atomic E-state index is 0.689. The summed E-state index contributed by atoms with van der Waals surface area (Å²) in [6.07, 6.45) is 2.16. The fourth-order valence-electron chi connectivity index (χ4n) is 2.15. The summed E-state index contributed by atoms with van der Waals surface area (Å²) in [5.41, 5.74) is 2.88. The Kier molecular flexibility index (Phi) is 2.73. The van der Waals surface area contributed by atoms with Crippen LogP contribution in [-0.2, 0) is 0 Å². The van der Waals surface area contributed by atoms with E-state index in [1.54, 1.807) is 0 Å². The number of hydrogen-bond donors (Lipinski definition) is 1. The predicted octanol–water partition coefficient (Wildman–Crippen LogP) is 3.57. The summed E-state index contributed by atoms with van der Waals surface area (Å²) in [5, 5.41) is 3.49. The average Bonchev–Trinajstić information content (AvgIpc) is 2.60. The number of benzene rings is 1. The lowest BCUT2D eigenvalue weighted by Crippen LogP contribution is -2.09. The van der Waals surface area contributed by atoms with Crippen LogP contribution in [0.15, 0.2) is 23.1 Å². The average molecular weight is 207 g/mol. The van der Waals surface area contributed by atoms with Gasteiger partial charge in [-0.15, -0.1) is 11.8 Å². The number of thioether (sulfide) groups is 1. The molecule has 1 unspecified atom stereocenters. The summed E-state index contributed by atoms with van der Waals surface area (Å²) < 4.78 is 0. The van der Waals surface area contributed by atoms with Crippen molar-refractivity contribution in [3.63, 3.8) is 0 Å². The lowest BCUT2D eigenvalue weighted by Gasteiger charge is -2.16. The molecule has 14 heavy (non-hydrogen) atoms. The standard InChI is InChI=1S/C12H17NS/c1-8(2)9-7-13-10-5-4-6-11(14-3)12(9)10/h4-6,8-9,13H,7H2,1-3H3. The van der Waals surface area contributed by atoms with Gasteiger partial charge in [0.25, 0.3) is 0 Å². The molecule has 1 heterocycles. The summed E-state index contributed by atoms with van der Waals surface area (Å²) in [4.78, 5) is 1.44. The van der Waals surface area contributed by atoms with Crippen molar-refractivity contribution in [3.05, 3.63) is 23.8 Å². The first-order valence-corrected chi connectivity index (χ1v) is 6.37. The third kappa shape index (κ3) is 1.52. The van der Waals surface area contributed by atoms with Crippen molar-refractivity contribution in [2.45, 2.75) is 24.7 Å². The second-order valence-electron chi connectivity index (χ2n) is 4.15. The second kappa shape index (κ2) is 3.85. The Morgan fingerprint density at radius 3 is 2.86 bits per heavy atom. The van der Waals surface area contributed by atoms with Crippen molar-refractivity contribution in [2.75, 3.05) is 18.1 Å². The maximum atomic E-state index is 3.49. The molecule has 2 heteroatoms. The van der Waals surface area contributed by atoms with Gasteiger partial charge >= 0.3 is 0 Å². The fraction of sp³-hybridized carbons (Fsp3) is 0.500. The second-order valence-corrected chi connectivity index (χ2v) is 5.00. The third-order valence-electron chi connectivity index (χ3n) is 2.97. The van der Waals surface area contributed by atoms with Crippen molar-refractivity contribution in [2.24, 2.45) is 5.92 Å². The van der Waals surface area contributed by atoms with Gasteiger partial charge in [-0.05, 0) is 29.9 Å². The first-order chi connectivity index (χ1) is 6.74. The van der Waals surface area contributed by atoms with Crippen molar-refractivity contribution in [1.29, 1.82) is 0 Å². The Balaban J connectivity index is 2.45. The van der Waals surface area contributed by atoms with E-state index in [1.165, 1.54) is 16.1 Å². The van der Waals surface area contributed by atoms with Crippen LogP contribution in [0, 0.1) is 5.92 Å². The normalized spacial score (nSPS) is 19.6. The van der Waals surface area contributed by atoms with Crippen LogP contribution < -0.4 is 5.32 Å². The van der Waals surface area contributed by atoms with Gasteiger partial charge in [-0.1, -0.05) is 19.9 Å². The molecule has 0 amide bonds. The van der Waals surface area contributed by atoms with Gasteiger partial charge in [0.05, 0.1) is 0 Å². The van der Waals surface area contributed by atoms with Gasteiger partial charge in [0.2, 0.25) is 0 Å². The lowest BCUT2D eigenvalue weighted by molar-refractivity contribution is 0.528. The zero-order valence-electron chi connectivity index (χ0n) is 9.00. The van der Waals surface area contributed by atoms with Crippen LogP contribution in [-0.4, -0.2) is 12.8 Å². The highest BCUT2D eigenvalue weighted by Gasteiger charge is 2.26. The summed E-state index contributed by atoms with van der Waals surface area (Å²) in [6.45, 7) is 5.71. The number of rotatable bonds is 2. The lowest BCUT2D eigenvalue weighted by atomic mass is 9.90. The molecule has 0 saturated carbocycles. The van der Waals surface area contributed by atoms with Crippen molar-refractivity contribution in [3.8, 4) is 0 Å². The summed E-state index contributed by atoms with van der Waals surface area (Å²) in [6, 6.07) is 6.56. The first kappa shape index (κ1) is 9.91. The Morgan fingerprint density at radius 1 is 1.43 bits per heavy atom. The highest BCUT2D eigenvalue weighted by atomic mass is 32.2. The molecule has 0 fully saturated rings. The Bertz CT molecular complexity index is 333. The van der Waals surface area contributed by atoms with Gasteiger partial charge in [0.1, 0.15) is 0 Å². The van der Waals surface area contributed by atoms with Crippen LogP contribution in [0.5, 0.6) is 0 Å². The van der Waals surface area contributed by atoms with Gasteiger partial charge in [0, 0.05) is 23.0 Å². The molecule has 0 aliphatic carbocycles. The van der Waals surface area contributed by atoms with Crippen molar-refractivity contribution >= 4 is 17.4 Å². The molecular weight excluding hydrogens is 190 g/mol. The van der Waals surface area contributed by atoms with Crippen LogP contribution in [0.1, 0.15) is 25.3 Å². The monoisotopic (exact) mass is 207 g/mol. The molecule has 0 saturated heterocycles. The number of fused-ring (bicyclic) bond motifs is 1. The largest absolute Gasteiger partial charge is 0.384 e. The minimum Gasteiger partial charge on any atom is -0.384 e. The molecule has 1 aromatic carbocycles. The van der Waals surface area contributed by atoms with E-state index in [0.717, 1.165) is 12.5 Å². The van der Waals surface area contributed by atoms with Crippen LogP contribution in [0.25, 0.3) is 0 Å².